The van der Waals surface area contributed by atoms with Gasteiger partial charge in [0, 0.05) is 19.7 Å². The summed E-state index contributed by atoms with van der Waals surface area (Å²) in [6, 6.07) is 0. The lowest BCUT2D eigenvalue weighted by Crippen LogP contribution is -2.42. The molecule has 0 aromatic heterocycles. The van der Waals surface area contributed by atoms with Crippen LogP contribution >= 0.6 is 0 Å². The van der Waals surface area contributed by atoms with Crippen LogP contribution in [0.5, 0.6) is 0 Å². The maximum Gasteiger partial charge on any atom is 0.407 e. The molecular weight excluding hydrogens is 284 g/mol. The first-order valence-electron chi connectivity index (χ1n) is 8.19. The molecule has 0 aliphatic carbocycles. The zero-order valence-electron chi connectivity index (χ0n) is 14.2. The average Bonchev–Trinajstić information content (AvgIpc) is 2.87. The maximum absolute atomic E-state index is 12.2. The second-order valence-electron chi connectivity index (χ2n) is 6.69. The van der Waals surface area contributed by atoms with Gasteiger partial charge in [-0.2, -0.15) is 0 Å². The van der Waals surface area contributed by atoms with E-state index in [1.54, 1.807) is 0 Å². The first kappa shape index (κ1) is 18.7. The van der Waals surface area contributed by atoms with Gasteiger partial charge in [-0.05, 0) is 33.6 Å². The molecule has 2 amide bonds. The number of carbonyl (C=O) groups is 2. The molecule has 0 spiro atoms. The molecule has 0 saturated carbocycles. The van der Waals surface area contributed by atoms with Crippen molar-refractivity contribution in [3.63, 3.8) is 0 Å². The fourth-order valence-electron chi connectivity index (χ4n) is 2.37. The number of ether oxygens (including phenoxy) is 2. The summed E-state index contributed by atoms with van der Waals surface area (Å²) in [4.78, 5) is 23.8. The third-order valence-electron chi connectivity index (χ3n) is 3.47. The molecule has 0 unspecified atom stereocenters. The molecule has 6 nitrogen and oxygen atoms in total. The van der Waals surface area contributed by atoms with Crippen LogP contribution in [0.2, 0.25) is 0 Å². The molecular formula is C16H30N2O4. The Morgan fingerprint density at radius 1 is 1.23 bits per heavy atom. The number of hydrogen-bond acceptors (Lipinski definition) is 4. The molecule has 2 atom stereocenters. The van der Waals surface area contributed by atoms with Crippen molar-refractivity contribution in [2.45, 2.75) is 65.1 Å². The minimum Gasteiger partial charge on any atom is -0.444 e. The molecule has 128 valence electrons. The summed E-state index contributed by atoms with van der Waals surface area (Å²) < 4.78 is 10.7. The highest BCUT2D eigenvalue weighted by Gasteiger charge is 2.34. The van der Waals surface area contributed by atoms with E-state index in [9.17, 15) is 9.59 Å². The van der Waals surface area contributed by atoms with Gasteiger partial charge in [-0.15, -0.1) is 0 Å². The SMILES string of the molecule is CCCCCNC(=O)[C@H]1CCO[C@H]1CNC(=O)OC(C)(C)C. The van der Waals surface area contributed by atoms with Gasteiger partial charge in [0.05, 0.1) is 12.0 Å². The highest BCUT2D eigenvalue weighted by molar-refractivity contribution is 5.79. The summed E-state index contributed by atoms with van der Waals surface area (Å²) in [5.74, 6) is -0.179. The molecule has 1 saturated heterocycles. The zero-order valence-corrected chi connectivity index (χ0v) is 14.2. The minimum absolute atomic E-state index is 0.0181. The molecule has 1 aliphatic rings. The van der Waals surface area contributed by atoms with Crippen molar-refractivity contribution >= 4 is 12.0 Å². The van der Waals surface area contributed by atoms with E-state index in [4.69, 9.17) is 9.47 Å². The van der Waals surface area contributed by atoms with Crippen molar-refractivity contribution < 1.29 is 19.1 Å². The predicted molar refractivity (Wildman–Crippen MR) is 84.6 cm³/mol. The van der Waals surface area contributed by atoms with Crippen LogP contribution in [-0.2, 0) is 14.3 Å². The molecule has 2 N–H and O–H groups in total. The second kappa shape index (κ2) is 8.98. The van der Waals surface area contributed by atoms with Crippen LogP contribution in [0.4, 0.5) is 4.79 Å². The zero-order chi connectivity index (χ0) is 16.6. The second-order valence-corrected chi connectivity index (χ2v) is 6.69. The lowest BCUT2D eigenvalue weighted by atomic mass is 10.0. The first-order chi connectivity index (χ1) is 10.3. The Morgan fingerprint density at radius 2 is 1.95 bits per heavy atom. The van der Waals surface area contributed by atoms with Gasteiger partial charge in [0.15, 0.2) is 0 Å². The van der Waals surface area contributed by atoms with Gasteiger partial charge < -0.3 is 20.1 Å². The van der Waals surface area contributed by atoms with Gasteiger partial charge in [-0.3, -0.25) is 4.79 Å². The number of hydrogen-bond donors (Lipinski definition) is 2. The summed E-state index contributed by atoms with van der Waals surface area (Å²) in [5, 5.41) is 5.63. The van der Waals surface area contributed by atoms with Gasteiger partial charge in [0.1, 0.15) is 5.60 Å². The van der Waals surface area contributed by atoms with E-state index in [-0.39, 0.29) is 17.9 Å². The smallest absolute Gasteiger partial charge is 0.407 e. The first-order valence-corrected chi connectivity index (χ1v) is 8.19. The third-order valence-corrected chi connectivity index (χ3v) is 3.47. The molecule has 1 fully saturated rings. The fraction of sp³-hybridized carbons (Fsp3) is 0.875. The molecule has 0 aromatic rings. The molecule has 1 rings (SSSR count). The normalized spacial score (nSPS) is 21.5. The summed E-state index contributed by atoms with van der Waals surface area (Å²) >= 11 is 0. The van der Waals surface area contributed by atoms with Gasteiger partial charge >= 0.3 is 6.09 Å². The topological polar surface area (TPSA) is 76.7 Å². The number of unbranched alkanes of at least 4 members (excludes halogenated alkanes) is 2. The molecule has 1 aliphatic heterocycles. The van der Waals surface area contributed by atoms with Crippen molar-refractivity contribution in [1.82, 2.24) is 10.6 Å². The Labute approximate surface area is 133 Å². The minimum atomic E-state index is -0.531. The molecule has 6 heteroatoms. The fourth-order valence-corrected chi connectivity index (χ4v) is 2.37. The van der Waals surface area contributed by atoms with Gasteiger partial charge in [0.25, 0.3) is 0 Å². The van der Waals surface area contributed by atoms with E-state index in [1.165, 1.54) is 0 Å². The van der Waals surface area contributed by atoms with Crippen LogP contribution in [0.3, 0.4) is 0 Å². The van der Waals surface area contributed by atoms with E-state index in [0.717, 1.165) is 19.3 Å². The van der Waals surface area contributed by atoms with Crippen LogP contribution in [0.25, 0.3) is 0 Å². The standard InChI is InChI=1S/C16H30N2O4/c1-5-6-7-9-17-14(19)12-8-10-21-13(12)11-18-15(20)22-16(2,3)4/h12-13H,5-11H2,1-4H3,(H,17,19)(H,18,20)/t12-,13-/m0/s1. The van der Waals surface area contributed by atoms with Gasteiger partial charge in [-0.25, -0.2) is 4.79 Å². The van der Waals surface area contributed by atoms with Crippen LogP contribution in [0.1, 0.15) is 53.4 Å². The quantitative estimate of drug-likeness (QED) is 0.706. The molecule has 0 aromatic carbocycles. The Morgan fingerprint density at radius 3 is 2.59 bits per heavy atom. The van der Waals surface area contributed by atoms with E-state index in [1.807, 2.05) is 20.8 Å². The number of rotatable bonds is 7. The van der Waals surface area contributed by atoms with E-state index < -0.39 is 11.7 Å². The lowest BCUT2D eigenvalue weighted by molar-refractivity contribution is -0.126. The van der Waals surface area contributed by atoms with Crippen LogP contribution in [0, 0.1) is 5.92 Å². The van der Waals surface area contributed by atoms with Crippen LogP contribution in [-0.4, -0.2) is 43.4 Å². The molecule has 1 heterocycles. The Hall–Kier alpha value is -1.30. The van der Waals surface area contributed by atoms with Crippen molar-refractivity contribution in [2.24, 2.45) is 5.92 Å². The number of alkyl carbamates (subject to hydrolysis) is 1. The van der Waals surface area contributed by atoms with E-state index in [2.05, 4.69) is 17.6 Å². The van der Waals surface area contributed by atoms with Gasteiger partial charge in [-0.1, -0.05) is 19.8 Å². The van der Waals surface area contributed by atoms with Crippen molar-refractivity contribution in [2.75, 3.05) is 19.7 Å². The summed E-state index contributed by atoms with van der Waals surface area (Å²) in [6.45, 7) is 9.11. The average molecular weight is 314 g/mol. The van der Waals surface area contributed by atoms with Gasteiger partial charge in [0.2, 0.25) is 5.91 Å². The highest BCUT2D eigenvalue weighted by atomic mass is 16.6. The highest BCUT2D eigenvalue weighted by Crippen LogP contribution is 2.21. The number of nitrogens with one attached hydrogen (secondary N) is 2. The third kappa shape index (κ3) is 7.11. The van der Waals surface area contributed by atoms with E-state index >= 15 is 0 Å². The Bertz CT molecular complexity index is 366. The summed E-state index contributed by atoms with van der Waals surface area (Å²) in [6.07, 6.45) is 3.18. The van der Waals surface area contributed by atoms with Crippen LogP contribution < -0.4 is 10.6 Å². The largest absolute Gasteiger partial charge is 0.444 e. The molecule has 0 bridgehead atoms. The van der Waals surface area contributed by atoms with Crippen LogP contribution in [0.15, 0.2) is 0 Å². The number of carbonyl (C=O) groups excluding carboxylic acids is 2. The maximum atomic E-state index is 12.2. The van der Waals surface area contributed by atoms with E-state index in [0.29, 0.717) is 26.1 Å². The van der Waals surface area contributed by atoms with Crippen molar-refractivity contribution in [1.29, 1.82) is 0 Å². The van der Waals surface area contributed by atoms with Crippen molar-refractivity contribution in [3.8, 4) is 0 Å². The summed E-state index contributed by atoms with van der Waals surface area (Å²) in [5.41, 5.74) is -0.531. The molecule has 22 heavy (non-hydrogen) atoms. The molecule has 0 radical (unpaired) electrons. The monoisotopic (exact) mass is 314 g/mol. The predicted octanol–water partition coefficient (Wildman–Crippen LogP) is 2.22. The lowest BCUT2D eigenvalue weighted by Gasteiger charge is -2.22. The Balaban J connectivity index is 2.33. The Kier molecular flexibility index (Phi) is 7.65. The van der Waals surface area contributed by atoms with Crippen molar-refractivity contribution in [3.05, 3.63) is 0 Å². The number of amides is 2. The summed E-state index contributed by atoms with van der Waals surface area (Å²) in [7, 11) is 0.